The van der Waals surface area contributed by atoms with Crippen LogP contribution in [0.2, 0.25) is 0 Å². The summed E-state index contributed by atoms with van der Waals surface area (Å²) >= 11 is 0. The quantitative estimate of drug-likeness (QED) is 0.161. The van der Waals surface area contributed by atoms with Gasteiger partial charge in [0.05, 0.1) is 10.8 Å². The Kier molecular flexibility index (Phi) is 8.18. The smallest absolute Gasteiger partial charge is 0.0726 e. The van der Waals surface area contributed by atoms with E-state index >= 15 is 0 Å². The van der Waals surface area contributed by atoms with Crippen molar-refractivity contribution in [1.29, 1.82) is 0 Å². The number of hydrogen-bond acceptors (Lipinski definition) is 1. The van der Waals surface area contributed by atoms with E-state index in [1.54, 1.807) is 0 Å². The van der Waals surface area contributed by atoms with Gasteiger partial charge < -0.3 is 4.90 Å². The highest BCUT2D eigenvalue weighted by atomic mass is 15.1. The van der Waals surface area contributed by atoms with Gasteiger partial charge in [0.1, 0.15) is 0 Å². The van der Waals surface area contributed by atoms with Crippen LogP contribution in [0, 0.1) is 0 Å². The lowest BCUT2D eigenvalue weighted by Crippen LogP contribution is -2.30. The summed E-state index contributed by atoms with van der Waals surface area (Å²) in [6, 6.07) is 97.6. The standard InChI is InChI=1S/C66H43N/c1-3-20-46(21-4-1)65(59-30-13-9-25-53(59)54-26-10-14-31-60(54)65)47-36-40-57-58-41-39-50(43-64(58)66(63(57)42-47)61-32-15-11-27-55(61)56-28-12-16-33-62(56)66)67(48-22-5-2-6-23-48)49-37-34-45(35-38-49)52-29-17-19-44-18-7-8-24-51(44)52/h1-43H. The Bertz CT molecular complexity index is 3650. The minimum Gasteiger partial charge on any atom is -0.310 e. The van der Waals surface area contributed by atoms with Gasteiger partial charge in [0.25, 0.3) is 0 Å². The first-order chi connectivity index (χ1) is 33.2. The van der Waals surface area contributed by atoms with Crippen molar-refractivity contribution < 1.29 is 0 Å². The number of anilines is 3. The second kappa shape index (κ2) is 14.5. The van der Waals surface area contributed by atoms with Gasteiger partial charge in [-0.25, -0.2) is 0 Å². The molecule has 11 aromatic rings. The van der Waals surface area contributed by atoms with Gasteiger partial charge in [0.2, 0.25) is 0 Å². The highest BCUT2D eigenvalue weighted by molar-refractivity contribution is 5.99. The highest BCUT2D eigenvalue weighted by Gasteiger charge is 2.53. The number of hydrogen-bond donors (Lipinski definition) is 0. The molecular formula is C66H43N. The van der Waals surface area contributed by atoms with E-state index in [0.29, 0.717) is 0 Å². The second-order valence-electron chi connectivity index (χ2n) is 18.3. The Balaban J connectivity index is 1.01. The van der Waals surface area contributed by atoms with Gasteiger partial charge in [-0.3, -0.25) is 0 Å². The summed E-state index contributed by atoms with van der Waals surface area (Å²) in [5, 5.41) is 2.51. The molecule has 312 valence electrons. The molecule has 67 heavy (non-hydrogen) atoms. The lowest BCUT2D eigenvalue weighted by atomic mass is 9.65. The van der Waals surface area contributed by atoms with E-state index in [1.807, 2.05) is 0 Å². The molecule has 1 heteroatoms. The lowest BCUT2D eigenvalue weighted by molar-refractivity contribution is 0.751. The summed E-state index contributed by atoms with van der Waals surface area (Å²) in [6.07, 6.45) is 0. The van der Waals surface area contributed by atoms with Crippen molar-refractivity contribution in [1.82, 2.24) is 0 Å². The average Bonchev–Trinajstić information content (AvgIpc) is 3.99. The van der Waals surface area contributed by atoms with Gasteiger partial charge >= 0.3 is 0 Å². The van der Waals surface area contributed by atoms with Crippen LogP contribution in [0.1, 0.15) is 44.5 Å². The number of para-hydroxylation sites is 1. The Labute approximate surface area is 391 Å². The zero-order chi connectivity index (χ0) is 44.1. The summed E-state index contributed by atoms with van der Waals surface area (Å²) in [7, 11) is 0. The van der Waals surface area contributed by atoms with Gasteiger partial charge in [-0.2, -0.15) is 0 Å². The minimum absolute atomic E-state index is 0.523. The predicted octanol–water partition coefficient (Wildman–Crippen LogP) is 16.7. The molecule has 1 nitrogen and oxygen atoms in total. The van der Waals surface area contributed by atoms with Gasteiger partial charge in [-0.15, -0.1) is 0 Å². The maximum atomic E-state index is 2.60. The monoisotopic (exact) mass is 849 g/mol. The SMILES string of the molecule is c1ccc(N(c2ccc(-c3cccc4ccccc34)cc2)c2ccc3c(c2)C2(c4ccccc4-c4ccccc42)c2cc(C4(c5ccccc5)c5ccccc5-c5ccccc54)ccc2-3)cc1. The van der Waals surface area contributed by atoms with Crippen molar-refractivity contribution in [2.24, 2.45) is 0 Å². The van der Waals surface area contributed by atoms with Crippen LogP contribution in [0.25, 0.3) is 55.3 Å². The maximum Gasteiger partial charge on any atom is 0.0726 e. The summed E-state index contributed by atoms with van der Waals surface area (Å²) in [4.78, 5) is 2.43. The molecule has 1 spiro atoms. The zero-order valence-corrected chi connectivity index (χ0v) is 36.8. The van der Waals surface area contributed by atoms with Crippen LogP contribution in [-0.4, -0.2) is 0 Å². The normalized spacial score (nSPS) is 13.9. The van der Waals surface area contributed by atoms with E-state index in [-0.39, 0.29) is 0 Å². The van der Waals surface area contributed by atoms with Crippen LogP contribution < -0.4 is 4.90 Å². The van der Waals surface area contributed by atoms with Gasteiger partial charge in [-0.05, 0) is 136 Å². The molecule has 0 bridgehead atoms. The summed E-state index contributed by atoms with van der Waals surface area (Å²) in [5.74, 6) is 0. The molecule has 3 aliphatic rings. The first kappa shape index (κ1) is 37.8. The predicted molar refractivity (Wildman–Crippen MR) is 278 cm³/mol. The first-order valence-corrected chi connectivity index (χ1v) is 23.4. The Morgan fingerprint density at radius 3 is 1.30 bits per heavy atom. The lowest BCUT2D eigenvalue weighted by Gasteiger charge is -2.36. The molecule has 0 heterocycles. The van der Waals surface area contributed by atoms with E-state index in [9.17, 15) is 0 Å². The molecular weight excluding hydrogens is 807 g/mol. The summed E-state index contributed by atoms with van der Waals surface area (Å²) < 4.78 is 0. The fourth-order valence-corrected chi connectivity index (χ4v) is 12.5. The van der Waals surface area contributed by atoms with Crippen LogP contribution in [0.3, 0.4) is 0 Å². The van der Waals surface area contributed by atoms with Crippen molar-refractivity contribution in [3.05, 3.63) is 305 Å². The van der Waals surface area contributed by atoms with Crippen molar-refractivity contribution in [2.45, 2.75) is 10.8 Å². The van der Waals surface area contributed by atoms with Crippen LogP contribution in [0.15, 0.2) is 261 Å². The highest BCUT2D eigenvalue weighted by Crippen LogP contribution is 2.65. The largest absolute Gasteiger partial charge is 0.310 e. The Morgan fingerprint density at radius 2 is 0.672 bits per heavy atom. The topological polar surface area (TPSA) is 3.24 Å². The summed E-state index contributed by atoms with van der Waals surface area (Å²) in [5.41, 5.74) is 22.9. The Morgan fingerprint density at radius 1 is 0.239 bits per heavy atom. The zero-order valence-electron chi connectivity index (χ0n) is 36.8. The third-order valence-electron chi connectivity index (χ3n) is 15.2. The third kappa shape index (κ3) is 5.20. The number of nitrogens with zero attached hydrogens (tertiary/aromatic N) is 1. The van der Waals surface area contributed by atoms with Gasteiger partial charge in [-0.1, -0.05) is 224 Å². The van der Waals surface area contributed by atoms with Crippen LogP contribution in [0.5, 0.6) is 0 Å². The van der Waals surface area contributed by atoms with Crippen LogP contribution in [-0.2, 0) is 10.8 Å². The van der Waals surface area contributed by atoms with Crippen molar-refractivity contribution in [3.63, 3.8) is 0 Å². The van der Waals surface area contributed by atoms with Crippen molar-refractivity contribution in [3.8, 4) is 44.5 Å². The maximum absolute atomic E-state index is 2.60. The molecule has 0 radical (unpaired) electrons. The second-order valence-corrected chi connectivity index (χ2v) is 18.3. The molecule has 0 N–H and O–H groups in total. The molecule has 0 aliphatic heterocycles. The molecule has 11 aromatic carbocycles. The van der Waals surface area contributed by atoms with E-state index in [1.165, 1.54) is 99.8 Å². The molecule has 0 saturated heterocycles. The summed E-state index contributed by atoms with van der Waals surface area (Å²) in [6.45, 7) is 0. The molecule has 0 amide bonds. The molecule has 0 atom stereocenters. The molecule has 0 unspecified atom stereocenters. The van der Waals surface area contributed by atoms with E-state index in [0.717, 1.165) is 17.1 Å². The van der Waals surface area contributed by atoms with E-state index in [2.05, 4.69) is 266 Å². The van der Waals surface area contributed by atoms with Crippen LogP contribution >= 0.6 is 0 Å². The number of fused-ring (bicyclic) bond motifs is 14. The Hall–Kier alpha value is -8.52. The number of benzene rings is 11. The van der Waals surface area contributed by atoms with Crippen molar-refractivity contribution >= 4 is 27.8 Å². The van der Waals surface area contributed by atoms with Gasteiger partial charge in [0.15, 0.2) is 0 Å². The van der Waals surface area contributed by atoms with E-state index < -0.39 is 10.8 Å². The molecule has 0 aromatic heterocycles. The molecule has 3 aliphatic carbocycles. The number of rotatable bonds is 6. The fraction of sp³-hybridized carbons (Fsp3) is 0.0303. The van der Waals surface area contributed by atoms with Crippen LogP contribution in [0.4, 0.5) is 17.1 Å². The van der Waals surface area contributed by atoms with Gasteiger partial charge in [0, 0.05) is 17.1 Å². The molecule has 0 saturated carbocycles. The average molecular weight is 850 g/mol. The van der Waals surface area contributed by atoms with Crippen molar-refractivity contribution in [2.75, 3.05) is 4.90 Å². The van der Waals surface area contributed by atoms with E-state index in [4.69, 9.17) is 0 Å². The third-order valence-corrected chi connectivity index (χ3v) is 15.2. The first-order valence-electron chi connectivity index (χ1n) is 23.4. The fourth-order valence-electron chi connectivity index (χ4n) is 12.5. The molecule has 14 rings (SSSR count). The molecule has 0 fully saturated rings. The minimum atomic E-state index is -0.569.